The van der Waals surface area contributed by atoms with E-state index >= 15 is 0 Å². The molecule has 0 radical (unpaired) electrons. The van der Waals surface area contributed by atoms with Gasteiger partial charge in [0.15, 0.2) is 0 Å². The number of hydrogen-bond acceptors (Lipinski definition) is 4. The first-order chi connectivity index (χ1) is 8.99. The Bertz CT molecular complexity index is 413. The van der Waals surface area contributed by atoms with Crippen LogP contribution in [0.25, 0.3) is 0 Å². The van der Waals surface area contributed by atoms with Crippen molar-refractivity contribution in [3.8, 4) is 0 Å². The fourth-order valence-corrected chi connectivity index (χ4v) is 3.09. The second kappa shape index (κ2) is 7.60. The summed E-state index contributed by atoms with van der Waals surface area (Å²) in [4.78, 5) is 19.5. The number of carbonyl (C=O) groups excluding carboxylic acids is 1. The summed E-state index contributed by atoms with van der Waals surface area (Å²) in [5, 5.41) is 4.48. The van der Waals surface area contributed by atoms with E-state index in [4.69, 9.17) is 0 Å². The minimum Gasteiger partial charge on any atom is -0.343 e. The van der Waals surface area contributed by atoms with Crippen LogP contribution in [0.5, 0.6) is 0 Å². The van der Waals surface area contributed by atoms with E-state index in [9.17, 15) is 4.79 Å². The first-order valence-corrected chi connectivity index (χ1v) is 7.76. The van der Waals surface area contributed by atoms with E-state index in [0.29, 0.717) is 13.0 Å². The molecule has 1 aromatic heterocycles. The van der Waals surface area contributed by atoms with Crippen molar-refractivity contribution in [2.45, 2.75) is 47.1 Å². The lowest BCUT2D eigenvalue weighted by Crippen LogP contribution is -2.33. The Morgan fingerprint density at radius 1 is 1.37 bits per heavy atom. The first kappa shape index (κ1) is 16.1. The van der Waals surface area contributed by atoms with Crippen molar-refractivity contribution in [2.75, 3.05) is 19.6 Å². The van der Waals surface area contributed by atoms with Crippen molar-refractivity contribution in [2.24, 2.45) is 0 Å². The van der Waals surface area contributed by atoms with Gasteiger partial charge < -0.3 is 10.2 Å². The molecule has 1 aromatic rings. The Labute approximate surface area is 120 Å². The van der Waals surface area contributed by atoms with Crippen molar-refractivity contribution in [1.82, 2.24) is 15.2 Å². The summed E-state index contributed by atoms with van der Waals surface area (Å²) in [6.45, 7) is 12.5. The molecule has 0 spiro atoms. The molecule has 19 heavy (non-hydrogen) atoms. The molecule has 0 aliphatic carbocycles. The highest BCUT2D eigenvalue weighted by Gasteiger charge is 2.14. The average molecular weight is 283 g/mol. The Morgan fingerprint density at radius 3 is 2.47 bits per heavy atom. The van der Waals surface area contributed by atoms with Crippen LogP contribution in [0.3, 0.4) is 0 Å². The van der Waals surface area contributed by atoms with E-state index in [-0.39, 0.29) is 11.9 Å². The molecule has 0 bridgehead atoms. The molecule has 1 atom stereocenters. The van der Waals surface area contributed by atoms with Crippen LogP contribution in [0.15, 0.2) is 0 Å². The lowest BCUT2D eigenvalue weighted by atomic mass is 10.2. The number of nitrogens with zero attached hydrogens (tertiary/aromatic N) is 2. The standard InChI is InChI=1S/C14H25N3OS/c1-6-17(7-2)13(18)8-9-15-10(3)14-11(4)19-12(5)16-14/h10,15H,6-9H2,1-5H3. The van der Waals surface area contributed by atoms with E-state index in [1.165, 1.54) is 4.88 Å². The van der Waals surface area contributed by atoms with Crippen LogP contribution in [0.2, 0.25) is 0 Å². The topological polar surface area (TPSA) is 45.2 Å². The zero-order valence-electron chi connectivity index (χ0n) is 12.6. The molecular weight excluding hydrogens is 258 g/mol. The summed E-state index contributed by atoms with van der Waals surface area (Å²) >= 11 is 1.72. The molecular formula is C14H25N3OS. The van der Waals surface area contributed by atoms with Crippen molar-refractivity contribution in [3.05, 3.63) is 15.6 Å². The summed E-state index contributed by atoms with van der Waals surface area (Å²) in [5.74, 6) is 0.218. The quantitative estimate of drug-likeness (QED) is 0.837. The van der Waals surface area contributed by atoms with Gasteiger partial charge in [0.25, 0.3) is 0 Å². The van der Waals surface area contributed by atoms with E-state index in [2.05, 4.69) is 24.1 Å². The first-order valence-electron chi connectivity index (χ1n) is 6.94. The molecule has 1 unspecified atom stereocenters. The van der Waals surface area contributed by atoms with Gasteiger partial charge in [-0.1, -0.05) is 0 Å². The zero-order valence-corrected chi connectivity index (χ0v) is 13.4. The molecule has 4 nitrogen and oxygen atoms in total. The van der Waals surface area contributed by atoms with Crippen LogP contribution in [-0.4, -0.2) is 35.4 Å². The molecule has 0 aliphatic heterocycles. The molecule has 0 fully saturated rings. The summed E-state index contributed by atoms with van der Waals surface area (Å²) in [5.41, 5.74) is 1.11. The van der Waals surface area contributed by atoms with E-state index in [1.807, 2.05) is 25.7 Å². The maximum atomic E-state index is 11.9. The predicted molar refractivity (Wildman–Crippen MR) is 80.6 cm³/mol. The smallest absolute Gasteiger partial charge is 0.223 e. The molecule has 0 aliphatic rings. The fourth-order valence-electron chi connectivity index (χ4n) is 2.17. The van der Waals surface area contributed by atoms with Gasteiger partial charge in [-0.15, -0.1) is 11.3 Å². The number of nitrogens with one attached hydrogen (secondary N) is 1. The third-order valence-corrected chi connectivity index (χ3v) is 4.16. The minimum atomic E-state index is 0.203. The van der Waals surface area contributed by atoms with E-state index in [0.717, 1.165) is 23.8 Å². The van der Waals surface area contributed by atoms with Gasteiger partial charge in [-0.3, -0.25) is 4.79 Å². The maximum absolute atomic E-state index is 11.9. The third kappa shape index (κ3) is 4.58. The molecule has 0 saturated carbocycles. The summed E-state index contributed by atoms with van der Waals surface area (Å²) in [6.07, 6.45) is 0.550. The van der Waals surface area contributed by atoms with Crippen LogP contribution >= 0.6 is 11.3 Å². The number of rotatable bonds is 7. The van der Waals surface area contributed by atoms with Gasteiger partial charge in [-0.25, -0.2) is 4.98 Å². The molecule has 0 aromatic carbocycles. The highest BCUT2D eigenvalue weighted by atomic mass is 32.1. The van der Waals surface area contributed by atoms with Gasteiger partial charge >= 0.3 is 0 Å². The minimum absolute atomic E-state index is 0.203. The van der Waals surface area contributed by atoms with Gasteiger partial charge in [-0.2, -0.15) is 0 Å². The SMILES string of the molecule is CCN(CC)C(=O)CCNC(C)c1nc(C)sc1C. The van der Waals surface area contributed by atoms with E-state index in [1.54, 1.807) is 11.3 Å². The lowest BCUT2D eigenvalue weighted by Gasteiger charge is -2.19. The average Bonchev–Trinajstić information content (AvgIpc) is 2.70. The fraction of sp³-hybridized carbons (Fsp3) is 0.714. The van der Waals surface area contributed by atoms with Gasteiger partial charge in [0.05, 0.1) is 10.7 Å². The van der Waals surface area contributed by atoms with Crippen molar-refractivity contribution >= 4 is 17.2 Å². The second-order valence-corrected chi connectivity index (χ2v) is 6.07. The molecule has 1 amide bonds. The lowest BCUT2D eigenvalue weighted by molar-refractivity contribution is -0.130. The predicted octanol–water partition coefficient (Wildman–Crippen LogP) is 2.67. The summed E-state index contributed by atoms with van der Waals surface area (Å²) < 4.78 is 0. The number of amides is 1. The van der Waals surface area contributed by atoms with Crippen LogP contribution in [0.1, 0.15) is 48.8 Å². The van der Waals surface area contributed by atoms with Gasteiger partial charge in [0.1, 0.15) is 0 Å². The second-order valence-electron chi connectivity index (χ2n) is 4.67. The van der Waals surface area contributed by atoms with Gasteiger partial charge in [0, 0.05) is 37.0 Å². The summed E-state index contributed by atoms with van der Waals surface area (Å²) in [7, 11) is 0. The van der Waals surface area contributed by atoms with Gasteiger partial charge in [0.2, 0.25) is 5.91 Å². The van der Waals surface area contributed by atoms with Crippen molar-refractivity contribution < 1.29 is 4.79 Å². The molecule has 1 N–H and O–H groups in total. The Kier molecular flexibility index (Phi) is 6.45. The normalized spacial score (nSPS) is 12.5. The van der Waals surface area contributed by atoms with Gasteiger partial charge in [-0.05, 0) is 34.6 Å². The van der Waals surface area contributed by atoms with Crippen LogP contribution in [0, 0.1) is 13.8 Å². The monoisotopic (exact) mass is 283 g/mol. The van der Waals surface area contributed by atoms with Crippen molar-refractivity contribution in [1.29, 1.82) is 0 Å². The number of carbonyl (C=O) groups is 1. The van der Waals surface area contributed by atoms with E-state index < -0.39 is 0 Å². The third-order valence-electron chi connectivity index (χ3n) is 3.26. The highest BCUT2D eigenvalue weighted by Crippen LogP contribution is 2.22. The Balaban J connectivity index is 2.41. The summed E-state index contributed by atoms with van der Waals surface area (Å²) in [6, 6.07) is 0.203. The van der Waals surface area contributed by atoms with Crippen LogP contribution in [-0.2, 0) is 4.79 Å². The highest BCUT2D eigenvalue weighted by molar-refractivity contribution is 7.11. The molecule has 5 heteroatoms. The number of aromatic nitrogens is 1. The molecule has 108 valence electrons. The number of thiazole rings is 1. The van der Waals surface area contributed by atoms with Crippen LogP contribution in [0.4, 0.5) is 0 Å². The molecule has 1 rings (SSSR count). The van der Waals surface area contributed by atoms with Crippen molar-refractivity contribution in [3.63, 3.8) is 0 Å². The molecule has 0 saturated heterocycles. The number of hydrogen-bond donors (Lipinski definition) is 1. The number of aryl methyl sites for hydroxylation is 2. The molecule has 1 heterocycles. The van der Waals surface area contributed by atoms with Crippen LogP contribution < -0.4 is 5.32 Å². The zero-order chi connectivity index (χ0) is 14.4. The Morgan fingerprint density at radius 2 is 2.00 bits per heavy atom. The maximum Gasteiger partial charge on any atom is 0.223 e. The Hall–Kier alpha value is -0.940. The largest absolute Gasteiger partial charge is 0.343 e.